The van der Waals surface area contributed by atoms with E-state index in [1.807, 2.05) is 12.1 Å². The lowest BCUT2D eigenvalue weighted by molar-refractivity contribution is -0.114. The zero-order valence-electron chi connectivity index (χ0n) is 12.3. The highest BCUT2D eigenvalue weighted by molar-refractivity contribution is 6.24. The van der Waals surface area contributed by atoms with Crippen LogP contribution in [0.2, 0.25) is 0 Å². The number of carbonyl (C=O) groups is 1. The lowest BCUT2D eigenvalue weighted by Crippen LogP contribution is -2.11. The van der Waals surface area contributed by atoms with Crippen LogP contribution in [0.5, 0.6) is 0 Å². The molecule has 2 nitrogen and oxygen atoms in total. The van der Waals surface area contributed by atoms with Crippen molar-refractivity contribution in [3.8, 4) is 0 Å². The number of primary amides is 1. The summed E-state index contributed by atoms with van der Waals surface area (Å²) in [4.78, 5) is 11.3. The topological polar surface area (TPSA) is 43.1 Å². The molecule has 2 N–H and O–H groups in total. The molecular formula is C20H15NO. The molecule has 0 fully saturated rings. The molecule has 0 aromatic heterocycles. The fourth-order valence-electron chi connectivity index (χ4n) is 3.19. The molecule has 0 aliphatic heterocycles. The predicted molar refractivity (Wildman–Crippen MR) is 93.0 cm³/mol. The van der Waals surface area contributed by atoms with Crippen LogP contribution in [0.4, 0.5) is 0 Å². The monoisotopic (exact) mass is 285 g/mol. The minimum Gasteiger partial charge on any atom is -0.366 e. The van der Waals surface area contributed by atoms with Crippen LogP contribution in [-0.4, -0.2) is 5.91 Å². The predicted octanol–water partition coefficient (Wildman–Crippen LogP) is 4.47. The van der Waals surface area contributed by atoms with Crippen molar-refractivity contribution in [2.75, 3.05) is 0 Å². The average molecular weight is 285 g/mol. The van der Waals surface area contributed by atoms with Crippen molar-refractivity contribution < 1.29 is 4.79 Å². The van der Waals surface area contributed by atoms with Crippen LogP contribution in [0.15, 0.2) is 60.2 Å². The van der Waals surface area contributed by atoms with Gasteiger partial charge in [-0.25, -0.2) is 0 Å². The Morgan fingerprint density at radius 3 is 2.14 bits per heavy atom. The SMILES string of the molecule is CC(=Cc1ccc2ccc3cccc4ccc1c2c34)C(N)=O. The smallest absolute Gasteiger partial charge is 0.244 e. The first-order chi connectivity index (χ1) is 10.6. The van der Waals surface area contributed by atoms with Crippen molar-refractivity contribution in [3.05, 3.63) is 65.7 Å². The molecule has 0 bridgehead atoms. The van der Waals surface area contributed by atoms with Gasteiger partial charge in [0, 0.05) is 5.57 Å². The van der Waals surface area contributed by atoms with E-state index in [9.17, 15) is 4.79 Å². The van der Waals surface area contributed by atoms with Gasteiger partial charge in [0.1, 0.15) is 0 Å². The molecule has 0 unspecified atom stereocenters. The normalized spacial score (nSPS) is 12.5. The molecule has 0 saturated heterocycles. The minimum absolute atomic E-state index is 0.384. The van der Waals surface area contributed by atoms with E-state index >= 15 is 0 Å². The molecule has 0 radical (unpaired) electrons. The summed E-state index contributed by atoms with van der Waals surface area (Å²) in [7, 11) is 0. The average Bonchev–Trinajstić information content (AvgIpc) is 2.53. The Morgan fingerprint density at radius 1 is 0.864 bits per heavy atom. The van der Waals surface area contributed by atoms with Gasteiger partial charge in [-0.1, -0.05) is 54.6 Å². The van der Waals surface area contributed by atoms with Gasteiger partial charge in [0.2, 0.25) is 5.91 Å². The van der Waals surface area contributed by atoms with Crippen LogP contribution < -0.4 is 5.73 Å². The Labute approximate surface area is 128 Å². The number of amides is 1. The largest absolute Gasteiger partial charge is 0.366 e. The summed E-state index contributed by atoms with van der Waals surface area (Å²) in [6.45, 7) is 1.75. The fourth-order valence-corrected chi connectivity index (χ4v) is 3.19. The number of benzene rings is 4. The lowest BCUT2D eigenvalue weighted by atomic mass is 9.91. The van der Waals surface area contributed by atoms with Gasteiger partial charge >= 0.3 is 0 Å². The second-order valence-electron chi connectivity index (χ2n) is 5.70. The Balaban J connectivity index is 2.17. The van der Waals surface area contributed by atoms with Crippen molar-refractivity contribution in [1.82, 2.24) is 0 Å². The number of hydrogen-bond acceptors (Lipinski definition) is 1. The number of nitrogens with two attached hydrogens (primary N) is 1. The number of rotatable bonds is 2. The van der Waals surface area contributed by atoms with Gasteiger partial charge in [-0.05, 0) is 50.9 Å². The van der Waals surface area contributed by atoms with E-state index in [1.54, 1.807) is 6.92 Å². The molecule has 0 aliphatic carbocycles. The Morgan fingerprint density at radius 2 is 1.45 bits per heavy atom. The van der Waals surface area contributed by atoms with Gasteiger partial charge < -0.3 is 5.73 Å². The van der Waals surface area contributed by atoms with E-state index in [0.29, 0.717) is 5.57 Å². The molecule has 106 valence electrons. The molecule has 0 heterocycles. The second-order valence-corrected chi connectivity index (χ2v) is 5.70. The highest BCUT2D eigenvalue weighted by atomic mass is 16.1. The van der Waals surface area contributed by atoms with Gasteiger partial charge in [0.15, 0.2) is 0 Å². The van der Waals surface area contributed by atoms with E-state index in [1.165, 1.54) is 26.9 Å². The zero-order chi connectivity index (χ0) is 15.3. The molecule has 2 heteroatoms. The lowest BCUT2D eigenvalue weighted by Gasteiger charge is -2.12. The maximum absolute atomic E-state index is 11.3. The summed E-state index contributed by atoms with van der Waals surface area (Å²) in [5, 5.41) is 7.38. The summed E-state index contributed by atoms with van der Waals surface area (Å²) in [6, 6.07) is 19.1. The van der Waals surface area contributed by atoms with Crippen LogP contribution in [-0.2, 0) is 4.79 Å². The summed E-state index contributed by atoms with van der Waals surface area (Å²) in [5.74, 6) is -0.384. The summed E-state index contributed by atoms with van der Waals surface area (Å²) < 4.78 is 0. The van der Waals surface area contributed by atoms with Crippen molar-refractivity contribution >= 4 is 44.3 Å². The minimum atomic E-state index is -0.384. The molecule has 0 saturated carbocycles. The number of hydrogen-bond donors (Lipinski definition) is 1. The molecule has 22 heavy (non-hydrogen) atoms. The maximum Gasteiger partial charge on any atom is 0.244 e. The van der Waals surface area contributed by atoms with Crippen LogP contribution in [0, 0.1) is 0 Å². The van der Waals surface area contributed by atoms with Crippen LogP contribution in [0.1, 0.15) is 12.5 Å². The standard InChI is InChI=1S/C20H15NO/c1-12(20(21)22)11-16-8-7-15-6-5-13-3-2-4-14-9-10-17(16)19(15)18(13)14/h2-11H,1H3,(H2,21,22). The molecule has 4 rings (SSSR count). The van der Waals surface area contributed by atoms with Gasteiger partial charge in [-0.2, -0.15) is 0 Å². The molecule has 0 atom stereocenters. The van der Waals surface area contributed by atoms with E-state index < -0.39 is 0 Å². The second kappa shape index (κ2) is 4.57. The summed E-state index contributed by atoms with van der Waals surface area (Å²) in [5.41, 5.74) is 6.96. The van der Waals surface area contributed by atoms with Gasteiger partial charge in [-0.15, -0.1) is 0 Å². The molecule has 4 aromatic carbocycles. The molecule has 0 spiro atoms. The molecule has 0 aliphatic rings. The van der Waals surface area contributed by atoms with Crippen molar-refractivity contribution in [3.63, 3.8) is 0 Å². The maximum atomic E-state index is 11.3. The van der Waals surface area contributed by atoms with E-state index in [0.717, 1.165) is 10.9 Å². The van der Waals surface area contributed by atoms with Crippen molar-refractivity contribution in [2.24, 2.45) is 5.73 Å². The van der Waals surface area contributed by atoms with Crippen molar-refractivity contribution in [2.45, 2.75) is 6.92 Å². The Bertz CT molecular complexity index is 1040. The Hall–Kier alpha value is -2.87. The highest BCUT2D eigenvalue weighted by Gasteiger charge is 2.10. The molecule has 4 aromatic rings. The van der Waals surface area contributed by atoms with Gasteiger partial charge in [0.05, 0.1) is 0 Å². The molecule has 1 amide bonds. The van der Waals surface area contributed by atoms with E-state index in [-0.39, 0.29) is 5.91 Å². The fraction of sp³-hybridized carbons (Fsp3) is 0.0500. The highest BCUT2D eigenvalue weighted by Crippen LogP contribution is 2.36. The van der Waals surface area contributed by atoms with Crippen LogP contribution >= 0.6 is 0 Å². The van der Waals surface area contributed by atoms with Crippen LogP contribution in [0.3, 0.4) is 0 Å². The van der Waals surface area contributed by atoms with Gasteiger partial charge in [0.25, 0.3) is 0 Å². The van der Waals surface area contributed by atoms with Crippen LogP contribution in [0.25, 0.3) is 38.4 Å². The first-order valence-corrected chi connectivity index (χ1v) is 7.30. The first kappa shape index (κ1) is 12.8. The summed E-state index contributed by atoms with van der Waals surface area (Å²) >= 11 is 0. The van der Waals surface area contributed by atoms with E-state index in [4.69, 9.17) is 5.73 Å². The van der Waals surface area contributed by atoms with Gasteiger partial charge in [-0.3, -0.25) is 4.79 Å². The van der Waals surface area contributed by atoms with E-state index in [2.05, 4.69) is 48.5 Å². The summed E-state index contributed by atoms with van der Waals surface area (Å²) in [6.07, 6.45) is 1.87. The Kier molecular flexibility index (Phi) is 2.67. The quantitative estimate of drug-likeness (QED) is 0.428. The van der Waals surface area contributed by atoms with Crippen molar-refractivity contribution in [1.29, 1.82) is 0 Å². The third-order valence-electron chi connectivity index (χ3n) is 4.32. The third kappa shape index (κ3) is 1.77. The zero-order valence-corrected chi connectivity index (χ0v) is 12.3. The first-order valence-electron chi connectivity index (χ1n) is 7.30. The molecular weight excluding hydrogens is 270 g/mol. The third-order valence-corrected chi connectivity index (χ3v) is 4.32. The number of carbonyl (C=O) groups excluding carboxylic acids is 1.